The van der Waals surface area contributed by atoms with Crippen LogP contribution < -0.4 is 5.32 Å². The van der Waals surface area contributed by atoms with E-state index in [2.05, 4.69) is 31.1 Å². The van der Waals surface area contributed by atoms with Crippen molar-refractivity contribution in [2.75, 3.05) is 5.32 Å². The van der Waals surface area contributed by atoms with Gasteiger partial charge in [-0.2, -0.15) is 0 Å². The van der Waals surface area contributed by atoms with Gasteiger partial charge in [0.15, 0.2) is 5.13 Å². The first-order valence-corrected chi connectivity index (χ1v) is 7.13. The van der Waals surface area contributed by atoms with Crippen molar-refractivity contribution < 1.29 is 9.90 Å². The average molecular weight is 270 g/mol. The molecule has 0 aliphatic rings. The van der Waals surface area contributed by atoms with Gasteiger partial charge in [-0.15, -0.1) is 11.3 Å². The largest absolute Gasteiger partial charge is 0.481 e. The molecule has 0 radical (unpaired) electrons. The lowest BCUT2D eigenvalue weighted by Gasteiger charge is -2.19. The summed E-state index contributed by atoms with van der Waals surface area (Å²) in [5.41, 5.74) is -0.324. The van der Waals surface area contributed by atoms with Gasteiger partial charge < -0.3 is 10.4 Å². The minimum atomic E-state index is -0.934. The molecule has 0 fully saturated rings. The van der Waals surface area contributed by atoms with Crippen LogP contribution in [0.3, 0.4) is 0 Å². The van der Waals surface area contributed by atoms with Gasteiger partial charge in [-0.1, -0.05) is 20.3 Å². The van der Waals surface area contributed by atoms with E-state index in [1.165, 1.54) is 11.3 Å². The summed E-state index contributed by atoms with van der Waals surface area (Å²) in [5, 5.41) is 15.1. The summed E-state index contributed by atoms with van der Waals surface area (Å²) in [6, 6.07) is 0.335. The molecular weight excluding hydrogens is 248 g/mol. The van der Waals surface area contributed by atoms with E-state index in [9.17, 15) is 4.79 Å². The number of rotatable bonds is 6. The number of aliphatic carboxylic acids is 1. The Balaban J connectivity index is 2.78. The molecule has 102 valence electrons. The Morgan fingerprint density at radius 2 is 2.17 bits per heavy atom. The van der Waals surface area contributed by atoms with Crippen LogP contribution in [-0.2, 0) is 10.2 Å². The molecule has 2 atom stereocenters. The van der Waals surface area contributed by atoms with E-state index < -0.39 is 11.4 Å². The molecule has 0 aliphatic heterocycles. The van der Waals surface area contributed by atoms with Gasteiger partial charge in [-0.25, -0.2) is 4.98 Å². The van der Waals surface area contributed by atoms with Crippen LogP contribution in [0.5, 0.6) is 0 Å². The van der Waals surface area contributed by atoms with Gasteiger partial charge in [0.1, 0.15) is 5.41 Å². The number of nitrogens with zero attached hydrogens (tertiary/aromatic N) is 1. The van der Waals surface area contributed by atoms with Crippen LogP contribution >= 0.6 is 11.3 Å². The second-order valence-corrected chi connectivity index (χ2v) is 6.14. The van der Waals surface area contributed by atoms with Gasteiger partial charge in [0.05, 0.1) is 5.69 Å². The third-order valence-electron chi connectivity index (χ3n) is 3.53. The van der Waals surface area contributed by atoms with Crippen LogP contribution in [0, 0.1) is 5.92 Å². The standard InChI is InChI=1S/C13H22N2O2S/c1-6-8(2)9(3)14-12-15-10(7-18-12)13(4,5)11(16)17/h7-9H,6H2,1-5H3,(H,14,15)(H,16,17). The number of nitrogens with one attached hydrogen (secondary N) is 1. The molecule has 1 heterocycles. The van der Waals surface area contributed by atoms with Crippen LogP contribution in [0.2, 0.25) is 0 Å². The zero-order chi connectivity index (χ0) is 13.9. The number of carboxylic acids is 1. The van der Waals surface area contributed by atoms with Crippen molar-refractivity contribution in [3.05, 3.63) is 11.1 Å². The molecule has 0 spiro atoms. The smallest absolute Gasteiger partial charge is 0.315 e. The van der Waals surface area contributed by atoms with E-state index in [4.69, 9.17) is 5.11 Å². The number of anilines is 1. The van der Waals surface area contributed by atoms with E-state index in [1.54, 1.807) is 13.8 Å². The second-order valence-electron chi connectivity index (χ2n) is 5.29. The molecule has 1 aromatic rings. The van der Waals surface area contributed by atoms with Crippen molar-refractivity contribution >= 4 is 22.4 Å². The molecule has 0 bridgehead atoms. The normalized spacial score (nSPS) is 15.2. The molecule has 0 saturated carbocycles. The van der Waals surface area contributed by atoms with E-state index in [0.29, 0.717) is 17.7 Å². The summed E-state index contributed by atoms with van der Waals surface area (Å²) >= 11 is 1.46. The average Bonchev–Trinajstić information content (AvgIpc) is 2.76. The highest BCUT2D eigenvalue weighted by molar-refractivity contribution is 7.13. The van der Waals surface area contributed by atoms with Crippen LogP contribution in [0.15, 0.2) is 5.38 Å². The summed E-state index contributed by atoms with van der Waals surface area (Å²) in [5.74, 6) is -0.292. The lowest BCUT2D eigenvalue weighted by molar-refractivity contribution is -0.142. The number of thiazole rings is 1. The maximum Gasteiger partial charge on any atom is 0.315 e. The van der Waals surface area contributed by atoms with Gasteiger partial charge in [0, 0.05) is 11.4 Å². The van der Waals surface area contributed by atoms with Gasteiger partial charge >= 0.3 is 5.97 Å². The summed E-state index contributed by atoms with van der Waals surface area (Å²) in [6.45, 7) is 9.81. The highest BCUT2D eigenvalue weighted by Crippen LogP contribution is 2.28. The van der Waals surface area contributed by atoms with Crippen LogP contribution in [0.4, 0.5) is 5.13 Å². The Hall–Kier alpha value is -1.10. The van der Waals surface area contributed by atoms with Gasteiger partial charge in [-0.05, 0) is 26.7 Å². The molecule has 0 aliphatic carbocycles. The molecule has 0 saturated heterocycles. The van der Waals surface area contributed by atoms with Gasteiger partial charge in [0.2, 0.25) is 0 Å². The van der Waals surface area contributed by atoms with Crippen LogP contribution in [0.1, 0.15) is 46.7 Å². The van der Waals surface area contributed by atoms with Crippen molar-refractivity contribution in [1.82, 2.24) is 4.98 Å². The summed E-state index contributed by atoms with van der Waals surface area (Å²) in [4.78, 5) is 15.5. The number of carboxylic acid groups (broad SMARTS) is 1. The quantitative estimate of drug-likeness (QED) is 0.832. The third-order valence-corrected chi connectivity index (χ3v) is 4.30. The Morgan fingerprint density at radius 1 is 1.56 bits per heavy atom. The first-order chi connectivity index (χ1) is 8.28. The molecule has 5 heteroatoms. The van der Waals surface area contributed by atoms with Crippen molar-refractivity contribution in [2.45, 2.75) is 52.5 Å². The molecule has 0 aromatic carbocycles. The Bertz CT molecular complexity index is 415. The molecule has 2 unspecified atom stereocenters. The number of aromatic nitrogens is 1. The van der Waals surface area contributed by atoms with E-state index in [-0.39, 0.29) is 0 Å². The number of hydrogen-bond donors (Lipinski definition) is 2. The summed E-state index contributed by atoms with van der Waals surface area (Å²) in [6.07, 6.45) is 1.10. The minimum absolute atomic E-state index is 0.335. The fourth-order valence-electron chi connectivity index (χ4n) is 1.43. The Kier molecular flexibility index (Phi) is 4.73. The summed E-state index contributed by atoms with van der Waals surface area (Å²) < 4.78 is 0. The molecular formula is C13H22N2O2S. The van der Waals surface area contributed by atoms with Crippen molar-refractivity contribution in [3.63, 3.8) is 0 Å². The predicted octanol–water partition coefficient (Wildman–Crippen LogP) is 3.35. The van der Waals surface area contributed by atoms with Gasteiger partial charge in [0.25, 0.3) is 0 Å². The fraction of sp³-hybridized carbons (Fsp3) is 0.692. The van der Waals surface area contributed by atoms with E-state index >= 15 is 0 Å². The topological polar surface area (TPSA) is 62.2 Å². The second kappa shape index (κ2) is 5.69. The van der Waals surface area contributed by atoms with Crippen molar-refractivity contribution in [3.8, 4) is 0 Å². The molecule has 1 rings (SSSR count). The third kappa shape index (κ3) is 3.22. The summed E-state index contributed by atoms with van der Waals surface area (Å²) in [7, 11) is 0. The zero-order valence-corrected chi connectivity index (χ0v) is 12.5. The highest BCUT2D eigenvalue weighted by atomic mass is 32.1. The first kappa shape index (κ1) is 15.0. The first-order valence-electron chi connectivity index (χ1n) is 6.25. The SMILES string of the molecule is CCC(C)C(C)Nc1nc(C(C)(C)C(=O)O)cs1. The number of carbonyl (C=O) groups is 1. The van der Waals surface area contributed by atoms with Crippen LogP contribution in [-0.4, -0.2) is 22.1 Å². The van der Waals surface area contributed by atoms with Crippen molar-refractivity contribution in [2.24, 2.45) is 5.92 Å². The predicted molar refractivity (Wildman–Crippen MR) is 75.3 cm³/mol. The highest BCUT2D eigenvalue weighted by Gasteiger charge is 2.32. The number of hydrogen-bond acceptors (Lipinski definition) is 4. The molecule has 18 heavy (non-hydrogen) atoms. The lowest BCUT2D eigenvalue weighted by Crippen LogP contribution is -2.29. The van der Waals surface area contributed by atoms with E-state index in [1.807, 2.05) is 5.38 Å². The van der Waals surface area contributed by atoms with Crippen molar-refractivity contribution in [1.29, 1.82) is 0 Å². The van der Waals surface area contributed by atoms with E-state index in [0.717, 1.165) is 11.6 Å². The zero-order valence-electron chi connectivity index (χ0n) is 11.7. The molecule has 1 aromatic heterocycles. The van der Waals surface area contributed by atoms with Gasteiger partial charge in [-0.3, -0.25) is 4.79 Å². The monoisotopic (exact) mass is 270 g/mol. The minimum Gasteiger partial charge on any atom is -0.481 e. The Labute approximate surface area is 112 Å². The maximum atomic E-state index is 11.2. The fourth-order valence-corrected chi connectivity index (χ4v) is 2.40. The lowest BCUT2D eigenvalue weighted by atomic mass is 9.90. The molecule has 4 nitrogen and oxygen atoms in total. The maximum absolute atomic E-state index is 11.2. The van der Waals surface area contributed by atoms with Crippen LogP contribution in [0.25, 0.3) is 0 Å². The Morgan fingerprint density at radius 3 is 2.67 bits per heavy atom. The molecule has 0 amide bonds. The molecule has 2 N–H and O–H groups in total.